The lowest BCUT2D eigenvalue weighted by Crippen LogP contribution is -2.24. The second kappa shape index (κ2) is 6.40. The summed E-state index contributed by atoms with van der Waals surface area (Å²) < 4.78 is 0.655. The number of nitro groups is 2. The third-order valence-corrected chi connectivity index (χ3v) is 3.32. The van der Waals surface area contributed by atoms with Gasteiger partial charge in [0.05, 0.1) is 21.9 Å². The van der Waals surface area contributed by atoms with Gasteiger partial charge in [0.1, 0.15) is 5.69 Å². The summed E-state index contributed by atoms with van der Waals surface area (Å²) in [6.45, 7) is 0. The average Bonchev–Trinajstić information content (AvgIpc) is 2.46. The summed E-state index contributed by atoms with van der Waals surface area (Å²) in [5, 5.41) is 35.8. The van der Waals surface area contributed by atoms with Crippen LogP contribution in [-0.2, 0) is 0 Å². The Morgan fingerprint density at radius 2 is 1.78 bits per heavy atom. The van der Waals surface area contributed by atoms with Gasteiger partial charge in [-0.15, -0.1) is 0 Å². The minimum absolute atomic E-state index is 0.360. The largest absolute Gasteiger partial charge is 0.545 e. The Morgan fingerprint density at radius 3 is 2.30 bits per heavy atom. The maximum Gasteiger partial charge on any atom is 0.300 e. The van der Waals surface area contributed by atoms with Gasteiger partial charge in [-0.05, 0) is 18.2 Å². The van der Waals surface area contributed by atoms with Crippen molar-refractivity contribution in [3.05, 3.63) is 66.7 Å². The van der Waals surface area contributed by atoms with E-state index in [0.29, 0.717) is 22.3 Å². The number of carboxylic acid groups (broad SMARTS) is 1. The lowest BCUT2D eigenvalue weighted by Gasteiger charge is -2.13. The number of carbonyl (C=O) groups is 1. The van der Waals surface area contributed by atoms with Crippen LogP contribution >= 0.6 is 15.9 Å². The van der Waals surface area contributed by atoms with E-state index in [2.05, 4.69) is 21.2 Å². The van der Waals surface area contributed by atoms with Crippen LogP contribution in [0.4, 0.5) is 22.7 Å². The van der Waals surface area contributed by atoms with Gasteiger partial charge < -0.3 is 15.2 Å². The molecule has 118 valence electrons. The molecule has 0 aliphatic rings. The van der Waals surface area contributed by atoms with E-state index in [1.807, 2.05) is 0 Å². The van der Waals surface area contributed by atoms with Crippen LogP contribution in [0.3, 0.4) is 0 Å². The number of nitrogens with one attached hydrogen (secondary N) is 1. The molecule has 2 aromatic carbocycles. The van der Waals surface area contributed by atoms with Crippen LogP contribution in [0, 0.1) is 20.2 Å². The van der Waals surface area contributed by atoms with Crippen molar-refractivity contribution < 1.29 is 19.7 Å². The number of hydrogen-bond donors (Lipinski definition) is 1. The summed E-state index contributed by atoms with van der Waals surface area (Å²) >= 11 is 3.21. The molecule has 0 radical (unpaired) electrons. The summed E-state index contributed by atoms with van der Waals surface area (Å²) in [4.78, 5) is 31.4. The van der Waals surface area contributed by atoms with E-state index in [1.165, 1.54) is 0 Å². The Labute approximate surface area is 137 Å². The first kappa shape index (κ1) is 16.4. The quantitative estimate of drug-likeness (QED) is 0.620. The van der Waals surface area contributed by atoms with Crippen LogP contribution in [0.5, 0.6) is 0 Å². The molecule has 9 nitrogen and oxygen atoms in total. The molecule has 0 saturated carbocycles. The Balaban J connectivity index is 2.66. The topological polar surface area (TPSA) is 138 Å². The van der Waals surface area contributed by atoms with Crippen molar-refractivity contribution in [3.8, 4) is 0 Å². The number of halogens is 1. The number of nitrogens with zero attached hydrogens (tertiary/aromatic N) is 2. The zero-order chi connectivity index (χ0) is 17.1. The van der Waals surface area contributed by atoms with Crippen LogP contribution < -0.4 is 10.4 Å². The Morgan fingerprint density at radius 1 is 1.09 bits per heavy atom. The van der Waals surface area contributed by atoms with Crippen molar-refractivity contribution >= 4 is 44.6 Å². The van der Waals surface area contributed by atoms with E-state index in [4.69, 9.17) is 0 Å². The lowest BCUT2D eigenvalue weighted by molar-refractivity contribution is -0.393. The molecule has 0 bridgehead atoms. The molecule has 2 aromatic rings. The van der Waals surface area contributed by atoms with Crippen LogP contribution in [0.2, 0.25) is 0 Å². The highest BCUT2D eigenvalue weighted by Gasteiger charge is 2.25. The SMILES string of the molecule is O=C([O-])c1cc([N+](=O)[O-])cc([N+](=O)[O-])c1Nc1cccc(Br)c1. The molecule has 0 spiro atoms. The number of carbonyl (C=O) groups excluding carboxylic acids is 1. The second-order valence-electron chi connectivity index (χ2n) is 4.32. The van der Waals surface area contributed by atoms with Gasteiger partial charge in [0, 0.05) is 21.8 Å². The van der Waals surface area contributed by atoms with E-state index in [9.17, 15) is 30.1 Å². The third kappa shape index (κ3) is 3.61. The minimum atomic E-state index is -1.77. The smallest absolute Gasteiger partial charge is 0.300 e. The van der Waals surface area contributed by atoms with Gasteiger partial charge in [0.2, 0.25) is 0 Å². The van der Waals surface area contributed by atoms with E-state index < -0.39 is 38.4 Å². The molecule has 1 N–H and O–H groups in total. The maximum absolute atomic E-state index is 11.2. The summed E-state index contributed by atoms with van der Waals surface area (Å²) in [5.74, 6) is -1.77. The fraction of sp³-hybridized carbons (Fsp3) is 0. The molecule has 0 fully saturated rings. The fourth-order valence-electron chi connectivity index (χ4n) is 1.86. The number of nitro benzene ring substituents is 2. The molecule has 0 amide bonds. The first-order valence-corrected chi connectivity index (χ1v) is 6.79. The Kier molecular flexibility index (Phi) is 4.55. The summed E-state index contributed by atoms with van der Waals surface area (Å²) in [7, 11) is 0. The molecule has 0 unspecified atom stereocenters. The number of aromatic carboxylic acids is 1. The Hall–Kier alpha value is -3.01. The van der Waals surface area contributed by atoms with Crippen LogP contribution in [0.1, 0.15) is 10.4 Å². The van der Waals surface area contributed by atoms with E-state index >= 15 is 0 Å². The van der Waals surface area contributed by atoms with Gasteiger partial charge in [-0.25, -0.2) is 0 Å². The molecule has 23 heavy (non-hydrogen) atoms. The number of non-ortho nitro benzene ring substituents is 1. The van der Waals surface area contributed by atoms with Crippen molar-refractivity contribution in [2.45, 2.75) is 0 Å². The van der Waals surface area contributed by atoms with E-state index in [0.717, 1.165) is 0 Å². The molecule has 0 saturated heterocycles. The molecule has 0 aliphatic carbocycles. The van der Waals surface area contributed by atoms with Crippen molar-refractivity contribution in [1.29, 1.82) is 0 Å². The van der Waals surface area contributed by atoms with Crippen LogP contribution in [0.25, 0.3) is 0 Å². The third-order valence-electron chi connectivity index (χ3n) is 2.82. The first-order valence-electron chi connectivity index (χ1n) is 6.00. The van der Waals surface area contributed by atoms with Crippen molar-refractivity contribution in [2.24, 2.45) is 0 Å². The molecule has 0 heterocycles. The van der Waals surface area contributed by atoms with Gasteiger partial charge in [-0.2, -0.15) is 0 Å². The first-order chi connectivity index (χ1) is 10.8. The maximum atomic E-state index is 11.2. The summed E-state index contributed by atoms with van der Waals surface area (Å²) in [6, 6.07) is 7.84. The highest BCUT2D eigenvalue weighted by atomic mass is 79.9. The molecule has 2 rings (SSSR count). The van der Waals surface area contributed by atoms with Crippen LogP contribution in [-0.4, -0.2) is 15.8 Å². The molecular formula is C13H7BrN3O6-. The molecular weight excluding hydrogens is 374 g/mol. The number of benzene rings is 2. The number of hydrogen-bond acceptors (Lipinski definition) is 7. The predicted octanol–water partition coefficient (Wildman–Crippen LogP) is 2.37. The van der Waals surface area contributed by atoms with Crippen molar-refractivity contribution in [2.75, 3.05) is 5.32 Å². The summed E-state index contributed by atoms with van der Waals surface area (Å²) in [6.07, 6.45) is 0. The van der Waals surface area contributed by atoms with E-state index in [-0.39, 0.29) is 0 Å². The summed E-state index contributed by atoms with van der Waals surface area (Å²) in [5.41, 5.74) is -2.16. The van der Waals surface area contributed by atoms with Gasteiger partial charge in [-0.1, -0.05) is 22.0 Å². The van der Waals surface area contributed by atoms with Crippen molar-refractivity contribution in [1.82, 2.24) is 0 Å². The van der Waals surface area contributed by atoms with Crippen LogP contribution in [0.15, 0.2) is 40.9 Å². The van der Waals surface area contributed by atoms with Gasteiger partial charge in [0.15, 0.2) is 0 Å². The standard InChI is InChI=1S/C13H8BrN3O6/c14-7-2-1-3-8(4-7)15-12-10(13(18)19)5-9(16(20)21)6-11(12)17(22)23/h1-6,15H,(H,18,19)/p-1. The normalized spacial score (nSPS) is 10.1. The minimum Gasteiger partial charge on any atom is -0.545 e. The van der Waals surface area contributed by atoms with Crippen molar-refractivity contribution in [3.63, 3.8) is 0 Å². The van der Waals surface area contributed by atoms with Gasteiger partial charge in [0.25, 0.3) is 11.4 Å². The number of rotatable bonds is 5. The molecule has 10 heteroatoms. The highest BCUT2D eigenvalue weighted by molar-refractivity contribution is 9.10. The Bertz CT molecular complexity index is 788. The van der Waals surface area contributed by atoms with Gasteiger partial charge >= 0.3 is 0 Å². The monoisotopic (exact) mass is 380 g/mol. The average molecular weight is 381 g/mol. The number of carboxylic acids is 1. The second-order valence-corrected chi connectivity index (χ2v) is 5.24. The molecule has 0 atom stereocenters. The zero-order valence-corrected chi connectivity index (χ0v) is 12.8. The zero-order valence-electron chi connectivity index (χ0n) is 11.2. The molecule has 0 aromatic heterocycles. The molecule has 0 aliphatic heterocycles. The van der Waals surface area contributed by atoms with E-state index in [1.54, 1.807) is 24.3 Å². The fourth-order valence-corrected chi connectivity index (χ4v) is 2.26. The van der Waals surface area contributed by atoms with Gasteiger partial charge in [-0.3, -0.25) is 20.2 Å². The highest BCUT2D eigenvalue weighted by Crippen LogP contribution is 2.35. The lowest BCUT2D eigenvalue weighted by atomic mass is 10.1. The predicted molar refractivity (Wildman–Crippen MR) is 81.5 cm³/mol. The number of anilines is 2.